The molecule has 0 rings (SSSR count). The number of phosphoric acid groups is 1. The van der Waals surface area contributed by atoms with Crippen molar-refractivity contribution in [2.24, 2.45) is 0 Å². The Labute approximate surface area is 201 Å². The number of rotatable bonds is 5. The summed E-state index contributed by atoms with van der Waals surface area (Å²) in [5.41, 5.74) is -2.74. The molecule has 16 heteroatoms. The fraction of sp³-hybridized carbons (Fsp3) is 0.500. The molecule has 120 valence electrons. The maximum atomic E-state index is 10.3. The average Bonchev–Trinajstić information content (AvgIpc) is 1.95. The van der Waals surface area contributed by atoms with Crippen molar-refractivity contribution in [2.75, 3.05) is 0 Å². The Hall–Kier alpha value is 2.00. The van der Waals surface area contributed by atoms with Gasteiger partial charge in [-0.05, 0) is 0 Å². The third-order valence-corrected chi connectivity index (χ3v) is 1.29. The summed E-state index contributed by atoms with van der Waals surface area (Å²) >= 11 is 0. The zero-order chi connectivity index (χ0) is 15.1. The number of hydrogen-bond acceptors (Lipinski definition) is 5. The van der Waals surface area contributed by atoms with Gasteiger partial charge in [-0.15, -0.1) is 0 Å². The second kappa shape index (κ2) is 17.8. The quantitative estimate of drug-likeness (QED) is 0.168. The van der Waals surface area contributed by atoms with Gasteiger partial charge < -0.3 is 35.1 Å². The molecule has 0 aliphatic rings. The number of carboxylic acids is 3. The normalized spacial score (nSPS) is 9.09. The van der Waals surface area contributed by atoms with Crippen molar-refractivity contribution in [2.45, 2.75) is 18.4 Å². The van der Waals surface area contributed by atoms with E-state index in [0.717, 1.165) is 0 Å². The van der Waals surface area contributed by atoms with Gasteiger partial charge in [-0.2, -0.15) is 0 Å². The molecule has 0 heterocycles. The van der Waals surface area contributed by atoms with Gasteiger partial charge in [0.05, 0.1) is 12.8 Å². The Balaban J connectivity index is -0.0000000627. The van der Waals surface area contributed by atoms with Crippen LogP contribution in [-0.4, -0.2) is 147 Å². The molecule has 0 bridgehead atoms. The molecule has 0 saturated heterocycles. The number of carbonyl (C=O) groups is 3. The van der Waals surface area contributed by atoms with Crippen LogP contribution in [-0.2, 0) is 36.0 Å². The van der Waals surface area contributed by atoms with Gasteiger partial charge in [0.1, 0.15) is 0 Å². The minimum atomic E-state index is -4.64. The Kier molecular flexibility index (Phi) is 31.7. The predicted octanol–water partition coefficient (Wildman–Crippen LogP) is -4.13. The van der Waals surface area contributed by atoms with E-state index in [4.69, 9.17) is 39.7 Å². The molecular weight excluding hydrogens is 404 g/mol. The van der Waals surface area contributed by atoms with E-state index in [-0.39, 0.29) is 106 Å². The average molecular weight is 418 g/mol. The summed E-state index contributed by atoms with van der Waals surface area (Å²) in [6, 6.07) is 0. The summed E-state index contributed by atoms with van der Waals surface area (Å²) in [6.45, 7) is 0. The van der Waals surface area contributed by atoms with E-state index in [2.05, 4.69) is 0 Å². The number of aliphatic hydroxyl groups is 1. The monoisotopic (exact) mass is 418 g/mol. The van der Waals surface area contributed by atoms with Crippen LogP contribution in [0, 0.1) is 0 Å². The van der Waals surface area contributed by atoms with Gasteiger partial charge in [-0.1, -0.05) is 0 Å². The predicted molar refractivity (Wildman–Crippen MR) is 72.8 cm³/mol. The Morgan fingerprint density at radius 3 is 1.09 bits per heavy atom. The summed E-state index contributed by atoms with van der Waals surface area (Å²) in [7, 11) is -4.64. The molecular formula is C6H14FeNa3O11P. The molecule has 0 amide bonds. The minimum absolute atomic E-state index is 0. The standard InChI is InChI=1S/C6H8O7.Fe.3Na.H3O4P.3H/c7-3(8)1-6(13,5(11)12)2-4(9)10;;;;;1-5(2,3)4;;;/h13H,1-2H2,(H,7,8)(H,9,10)(H,11,12);;;;;(H3,1,2,3,4);;;. The van der Waals surface area contributed by atoms with Crippen LogP contribution < -0.4 is 0 Å². The van der Waals surface area contributed by atoms with E-state index in [9.17, 15) is 14.4 Å². The van der Waals surface area contributed by atoms with Crippen LogP contribution in [0.1, 0.15) is 12.8 Å². The molecule has 0 aromatic heterocycles. The first-order chi connectivity index (χ1) is 7.78. The molecule has 22 heavy (non-hydrogen) atoms. The van der Waals surface area contributed by atoms with Crippen molar-refractivity contribution in [3.8, 4) is 0 Å². The van der Waals surface area contributed by atoms with Gasteiger partial charge in [-0.3, -0.25) is 9.59 Å². The zero-order valence-corrected chi connectivity index (χ0v) is 11.0. The van der Waals surface area contributed by atoms with Gasteiger partial charge in [0.15, 0.2) is 5.60 Å². The van der Waals surface area contributed by atoms with Gasteiger partial charge >= 0.3 is 114 Å². The van der Waals surface area contributed by atoms with Gasteiger partial charge in [0, 0.05) is 17.1 Å². The van der Waals surface area contributed by atoms with Crippen molar-refractivity contribution in [1.29, 1.82) is 0 Å². The topological polar surface area (TPSA) is 210 Å². The van der Waals surface area contributed by atoms with E-state index in [1.165, 1.54) is 0 Å². The van der Waals surface area contributed by atoms with Crippen LogP contribution in [0.4, 0.5) is 0 Å². The summed E-state index contributed by atoms with van der Waals surface area (Å²) in [5.74, 6) is -5.02. The van der Waals surface area contributed by atoms with E-state index >= 15 is 0 Å². The van der Waals surface area contributed by atoms with Crippen LogP contribution in [0.15, 0.2) is 0 Å². The van der Waals surface area contributed by atoms with Gasteiger partial charge in [-0.25, -0.2) is 9.36 Å². The van der Waals surface area contributed by atoms with E-state index in [0.29, 0.717) is 0 Å². The second-order valence-corrected chi connectivity index (χ2v) is 4.02. The third kappa shape index (κ3) is 29.9. The molecule has 0 unspecified atom stereocenters. The van der Waals surface area contributed by atoms with Crippen LogP contribution in [0.3, 0.4) is 0 Å². The molecule has 0 aromatic rings. The van der Waals surface area contributed by atoms with Crippen molar-refractivity contribution >= 4 is 114 Å². The number of carboxylic acid groups (broad SMARTS) is 3. The van der Waals surface area contributed by atoms with Crippen molar-refractivity contribution in [1.82, 2.24) is 0 Å². The first kappa shape index (κ1) is 39.2. The Bertz CT molecular complexity index is 362. The molecule has 0 saturated carbocycles. The Morgan fingerprint density at radius 2 is 1.00 bits per heavy atom. The van der Waals surface area contributed by atoms with E-state index in [1.54, 1.807) is 0 Å². The van der Waals surface area contributed by atoms with E-state index < -0.39 is 44.2 Å². The fourth-order valence-electron chi connectivity index (χ4n) is 0.714. The van der Waals surface area contributed by atoms with Gasteiger partial charge in [0.2, 0.25) is 0 Å². The second-order valence-electron chi connectivity index (χ2n) is 2.99. The molecule has 0 aliphatic heterocycles. The number of aliphatic carboxylic acids is 3. The molecule has 0 fully saturated rings. The molecule has 7 N–H and O–H groups in total. The molecule has 0 aliphatic carbocycles. The summed E-state index contributed by atoms with van der Waals surface area (Å²) in [4.78, 5) is 52.0. The summed E-state index contributed by atoms with van der Waals surface area (Å²) < 4.78 is 8.88. The van der Waals surface area contributed by atoms with Crippen LogP contribution >= 0.6 is 7.82 Å². The SMILES string of the molecule is O=C(O)CC(O)(CC(=O)O)C(=O)O.O=P(O)(O)O.[Fe].[NaH].[NaH].[NaH]. The van der Waals surface area contributed by atoms with Crippen molar-refractivity contribution in [3.63, 3.8) is 0 Å². The molecule has 0 aromatic carbocycles. The Morgan fingerprint density at radius 1 is 0.818 bits per heavy atom. The molecule has 11 nitrogen and oxygen atoms in total. The van der Waals surface area contributed by atoms with E-state index in [1.807, 2.05) is 0 Å². The molecule has 0 radical (unpaired) electrons. The number of hydrogen-bond donors (Lipinski definition) is 7. The molecule has 0 atom stereocenters. The summed E-state index contributed by atoms with van der Waals surface area (Å²) in [5, 5.41) is 33.8. The van der Waals surface area contributed by atoms with Crippen molar-refractivity contribution in [3.05, 3.63) is 0 Å². The summed E-state index contributed by atoms with van der Waals surface area (Å²) in [6.07, 6.45) is -2.29. The van der Waals surface area contributed by atoms with Crippen molar-refractivity contribution < 1.29 is 71.1 Å². The first-order valence-electron chi connectivity index (χ1n) is 3.95. The first-order valence-corrected chi connectivity index (χ1v) is 5.52. The fourth-order valence-corrected chi connectivity index (χ4v) is 0.714. The van der Waals surface area contributed by atoms with Gasteiger partial charge in [0.25, 0.3) is 0 Å². The third-order valence-electron chi connectivity index (χ3n) is 1.29. The van der Waals surface area contributed by atoms with Crippen LogP contribution in [0.2, 0.25) is 0 Å². The zero-order valence-electron chi connectivity index (χ0n) is 8.98. The maximum absolute atomic E-state index is 10.3. The molecule has 0 spiro atoms. The van der Waals surface area contributed by atoms with Crippen LogP contribution in [0.25, 0.3) is 0 Å². The van der Waals surface area contributed by atoms with Crippen LogP contribution in [0.5, 0.6) is 0 Å².